The largest absolute Gasteiger partial charge is 0.352 e. The van der Waals surface area contributed by atoms with Gasteiger partial charge in [0.15, 0.2) is 5.96 Å². The highest BCUT2D eigenvalue weighted by Gasteiger charge is 2.20. The van der Waals surface area contributed by atoms with Crippen LogP contribution < -0.4 is 10.6 Å². The van der Waals surface area contributed by atoms with Crippen LogP contribution in [0.25, 0.3) is 0 Å². The van der Waals surface area contributed by atoms with E-state index in [4.69, 9.17) is 0 Å². The van der Waals surface area contributed by atoms with E-state index in [0.717, 1.165) is 30.8 Å². The second kappa shape index (κ2) is 6.72. The lowest BCUT2D eigenvalue weighted by atomic mass is 10.1. The summed E-state index contributed by atoms with van der Waals surface area (Å²) in [5, 5.41) is 10.4. The molecule has 1 aliphatic rings. The molecule has 6 nitrogen and oxygen atoms in total. The van der Waals surface area contributed by atoms with Gasteiger partial charge in [-0.3, -0.25) is 4.99 Å². The van der Waals surface area contributed by atoms with Gasteiger partial charge in [-0.25, -0.2) is 18.4 Å². The molecule has 122 valence electrons. The summed E-state index contributed by atoms with van der Waals surface area (Å²) in [5.41, 5.74) is 0.259. The first-order valence-corrected chi connectivity index (χ1v) is 7.43. The molecule has 0 saturated heterocycles. The van der Waals surface area contributed by atoms with Crippen molar-refractivity contribution in [2.45, 2.75) is 32.0 Å². The maximum absolute atomic E-state index is 13.6. The number of guanidine groups is 1. The molecule has 0 amide bonds. The molecule has 1 aliphatic heterocycles. The van der Waals surface area contributed by atoms with Gasteiger partial charge in [0.2, 0.25) is 0 Å². The van der Waals surface area contributed by atoms with Gasteiger partial charge >= 0.3 is 0 Å². The maximum Gasteiger partial charge on any atom is 0.191 e. The van der Waals surface area contributed by atoms with Gasteiger partial charge in [-0.05, 0) is 24.6 Å². The van der Waals surface area contributed by atoms with E-state index in [9.17, 15) is 8.78 Å². The van der Waals surface area contributed by atoms with Crippen LogP contribution in [0.3, 0.4) is 0 Å². The molecule has 0 spiro atoms. The zero-order valence-corrected chi connectivity index (χ0v) is 12.8. The van der Waals surface area contributed by atoms with Gasteiger partial charge in [-0.1, -0.05) is 0 Å². The molecule has 0 saturated carbocycles. The average Bonchev–Trinajstić information content (AvgIpc) is 3.02. The van der Waals surface area contributed by atoms with E-state index < -0.39 is 11.6 Å². The molecular formula is C15H18F2N6. The Bertz CT molecular complexity index is 712. The molecule has 0 aliphatic carbocycles. The molecule has 2 aromatic rings. The number of hydrogen-bond donors (Lipinski definition) is 2. The molecule has 1 atom stereocenters. The van der Waals surface area contributed by atoms with Gasteiger partial charge < -0.3 is 10.6 Å². The summed E-state index contributed by atoms with van der Waals surface area (Å²) >= 11 is 0. The number of aryl methyl sites for hydroxylation is 1. The molecule has 0 bridgehead atoms. The standard InChI is InChI=1S/C15H18F2N6/c1-18-15(19-7-10-6-11(16)2-4-13(10)17)22-12-3-5-14-20-9-21-23(14)8-12/h2,4,6,9,12H,3,5,7-8H2,1H3,(H2,18,19,22). The monoisotopic (exact) mass is 320 g/mol. The lowest BCUT2D eigenvalue weighted by molar-refractivity contribution is 0.392. The minimum absolute atomic E-state index is 0.157. The van der Waals surface area contributed by atoms with Crippen LogP contribution in [-0.2, 0) is 19.5 Å². The quantitative estimate of drug-likeness (QED) is 0.659. The Balaban J connectivity index is 1.58. The number of fused-ring (bicyclic) bond motifs is 1. The zero-order valence-electron chi connectivity index (χ0n) is 12.8. The first kappa shape index (κ1) is 15.4. The Kier molecular flexibility index (Phi) is 4.50. The summed E-state index contributed by atoms with van der Waals surface area (Å²) in [6.45, 7) is 0.856. The van der Waals surface area contributed by atoms with Crippen molar-refractivity contribution in [3.63, 3.8) is 0 Å². The average molecular weight is 320 g/mol. The number of nitrogens with one attached hydrogen (secondary N) is 2. The van der Waals surface area contributed by atoms with Gasteiger partial charge in [0, 0.05) is 31.6 Å². The highest BCUT2D eigenvalue weighted by Crippen LogP contribution is 2.12. The van der Waals surface area contributed by atoms with Crippen LogP contribution in [0.2, 0.25) is 0 Å². The molecule has 1 unspecified atom stereocenters. The van der Waals surface area contributed by atoms with Crippen LogP contribution in [-0.4, -0.2) is 33.8 Å². The predicted octanol–water partition coefficient (Wildman–Crippen LogP) is 1.24. The van der Waals surface area contributed by atoms with Crippen molar-refractivity contribution >= 4 is 5.96 Å². The summed E-state index contributed by atoms with van der Waals surface area (Å²) in [5.74, 6) is 0.617. The fourth-order valence-electron chi connectivity index (χ4n) is 2.60. The maximum atomic E-state index is 13.6. The lowest BCUT2D eigenvalue weighted by Crippen LogP contribution is -2.46. The van der Waals surface area contributed by atoms with Gasteiger partial charge in [0.1, 0.15) is 23.8 Å². The van der Waals surface area contributed by atoms with Gasteiger partial charge in [-0.15, -0.1) is 0 Å². The Morgan fingerprint density at radius 1 is 1.43 bits per heavy atom. The fraction of sp³-hybridized carbons (Fsp3) is 0.400. The Hall–Kier alpha value is -2.51. The van der Waals surface area contributed by atoms with E-state index in [0.29, 0.717) is 12.5 Å². The SMILES string of the molecule is CN=C(NCc1cc(F)ccc1F)NC1CCc2ncnn2C1. The summed E-state index contributed by atoms with van der Waals surface area (Å²) in [7, 11) is 1.64. The number of hydrogen-bond acceptors (Lipinski definition) is 3. The number of halogens is 2. The first-order valence-electron chi connectivity index (χ1n) is 7.43. The van der Waals surface area contributed by atoms with Crippen molar-refractivity contribution in [1.82, 2.24) is 25.4 Å². The van der Waals surface area contributed by atoms with Crippen LogP contribution in [0.15, 0.2) is 29.5 Å². The number of nitrogens with zero attached hydrogens (tertiary/aromatic N) is 4. The zero-order chi connectivity index (χ0) is 16.2. The Morgan fingerprint density at radius 3 is 3.13 bits per heavy atom. The first-order chi connectivity index (χ1) is 11.2. The van der Waals surface area contributed by atoms with Crippen LogP contribution in [0.4, 0.5) is 8.78 Å². The summed E-state index contributed by atoms with van der Waals surface area (Å²) in [4.78, 5) is 8.31. The van der Waals surface area contributed by atoms with E-state index in [1.165, 1.54) is 6.07 Å². The molecule has 8 heteroatoms. The number of aliphatic imine (C=N–C) groups is 1. The van der Waals surface area contributed by atoms with Crippen molar-refractivity contribution < 1.29 is 8.78 Å². The van der Waals surface area contributed by atoms with Crippen molar-refractivity contribution in [3.8, 4) is 0 Å². The second-order valence-corrected chi connectivity index (χ2v) is 5.40. The van der Waals surface area contributed by atoms with Crippen LogP contribution >= 0.6 is 0 Å². The van der Waals surface area contributed by atoms with E-state index in [1.807, 2.05) is 4.68 Å². The number of rotatable bonds is 3. The smallest absolute Gasteiger partial charge is 0.191 e. The predicted molar refractivity (Wildman–Crippen MR) is 81.8 cm³/mol. The minimum atomic E-state index is -0.461. The lowest BCUT2D eigenvalue weighted by Gasteiger charge is -2.25. The van der Waals surface area contributed by atoms with Crippen LogP contribution in [0, 0.1) is 11.6 Å². The third kappa shape index (κ3) is 3.64. The summed E-state index contributed by atoms with van der Waals surface area (Å²) in [6, 6.07) is 3.56. The molecule has 1 aromatic heterocycles. The molecule has 2 heterocycles. The Morgan fingerprint density at radius 2 is 2.30 bits per heavy atom. The summed E-state index contributed by atoms with van der Waals surface area (Å²) < 4.78 is 28.7. The van der Waals surface area contributed by atoms with Gasteiger partial charge in [0.25, 0.3) is 0 Å². The molecule has 23 heavy (non-hydrogen) atoms. The molecule has 0 fully saturated rings. The Labute approximate surface area is 132 Å². The third-order valence-electron chi connectivity index (χ3n) is 3.82. The van der Waals surface area contributed by atoms with E-state index >= 15 is 0 Å². The fourth-order valence-corrected chi connectivity index (χ4v) is 2.60. The molecular weight excluding hydrogens is 302 g/mol. The molecule has 0 radical (unpaired) electrons. The van der Waals surface area contributed by atoms with Gasteiger partial charge in [-0.2, -0.15) is 5.10 Å². The summed E-state index contributed by atoms with van der Waals surface area (Å²) in [6.07, 6.45) is 3.30. The van der Waals surface area contributed by atoms with Crippen molar-refractivity contribution in [2.75, 3.05) is 7.05 Å². The van der Waals surface area contributed by atoms with Crippen molar-refractivity contribution in [2.24, 2.45) is 4.99 Å². The minimum Gasteiger partial charge on any atom is -0.352 e. The van der Waals surface area contributed by atoms with Gasteiger partial charge in [0.05, 0.1) is 6.54 Å². The second-order valence-electron chi connectivity index (χ2n) is 5.40. The third-order valence-corrected chi connectivity index (χ3v) is 3.82. The number of aromatic nitrogens is 3. The molecule has 3 rings (SSSR count). The highest BCUT2D eigenvalue weighted by molar-refractivity contribution is 5.79. The van der Waals surface area contributed by atoms with Crippen LogP contribution in [0.5, 0.6) is 0 Å². The van der Waals surface area contributed by atoms with E-state index in [2.05, 4.69) is 25.7 Å². The van der Waals surface area contributed by atoms with Crippen LogP contribution in [0.1, 0.15) is 17.8 Å². The highest BCUT2D eigenvalue weighted by atomic mass is 19.1. The van der Waals surface area contributed by atoms with E-state index in [-0.39, 0.29) is 18.2 Å². The van der Waals surface area contributed by atoms with E-state index in [1.54, 1.807) is 13.4 Å². The molecule has 2 N–H and O–H groups in total. The van der Waals surface area contributed by atoms with Crippen molar-refractivity contribution in [3.05, 3.63) is 47.5 Å². The molecule has 1 aromatic carbocycles. The number of benzene rings is 1. The topological polar surface area (TPSA) is 67.1 Å². The van der Waals surface area contributed by atoms with Crippen molar-refractivity contribution in [1.29, 1.82) is 0 Å². The normalized spacial score (nSPS) is 17.7.